The highest BCUT2D eigenvalue weighted by atomic mass is 127. The highest BCUT2D eigenvalue weighted by molar-refractivity contribution is 14.0. The fraction of sp³-hybridized carbons (Fsp3) is 0.500. The number of likely N-dealkylation sites (tertiary alicyclic amines) is 1. The molecule has 1 atom stereocenters. The number of rotatable bonds is 2. The van der Waals surface area contributed by atoms with Gasteiger partial charge in [-0.15, -0.1) is 24.0 Å². The van der Waals surface area contributed by atoms with E-state index in [2.05, 4.69) is 33.3 Å². The van der Waals surface area contributed by atoms with Crippen LogP contribution < -0.4 is 5.32 Å². The minimum Gasteiger partial charge on any atom is -0.351 e. The molecule has 0 aliphatic carbocycles. The Morgan fingerprint density at radius 3 is 3.05 bits per heavy atom. The van der Waals surface area contributed by atoms with E-state index in [-0.39, 0.29) is 24.0 Å². The van der Waals surface area contributed by atoms with Crippen molar-refractivity contribution in [1.29, 1.82) is 0 Å². The average Bonchev–Trinajstić information content (AvgIpc) is 2.91. The van der Waals surface area contributed by atoms with Crippen LogP contribution in [-0.2, 0) is 6.54 Å². The fourth-order valence-corrected chi connectivity index (χ4v) is 2.96. The third-order valence-corrected chi connectivity index (χ3v) is 4.01. The van der Waals surface area contributed by atoms with Crippen LogP contribution in [0.4, 0.5) is 0 Å². The van der Waals surface area contributed by atoms with Crippen LogP contribution >= 0.6 is 24.0 Å². The number of pyridine rings is 1. The monoisotopic (exact) mass is 413 g/mol. The van der Waals surface area contributed by atoms with Crippen LogP contribution in [0.5, 0.6) is 0 Å². The SMILES string of the molecule is CN=C(NCc1cn2ccccc2n1)N1CCCC(C)C1.I. The number of guanidine groups is 1. The molecule has 0 bridgehead atoms. The molecule has 0 spiro atoms. The zero-order valence-corrected chi connectivity index (χ0v) is 15.5. The van der Waals surface area contributed by atoms with Crippen molar-refractivity contribution in [2.24, 2.45) is 10.9 Å². The summed E-state index contributed by atoms with van der Waals surface area (Å²) in [5.41, 5.74) is 2.02. The predicted octanol–water partition coefficient (Wildman–Crippen LogP) is 2.76. The van der Waals surface area contributed by atoms with Crippen molar-refractivity contribution < 1.29 is 0 Å². The molecule has 1 aliphatic heterocycles. The summed E-state index contributed by atoms with van der Waals surface area (Å²) >= 11 is 0. The molecule has 3 rings (SSSR count). The van der Waals surface area contributed by atoms with Gasteiger partial charge in [-0.1, -0.05) is 13.0 Å². The summed E-state index contributed by atoms with van der Waals surface area (Å²) in [5.74, 6) is 1.73. The molecule has 1 N–H and O–H groups in total. The molecule has 2 aromatic rings. The Morgan fingerprint density at radius 1 is 1.45 bits per heavy atom. The molecule has 6 heteroatoms. The summed E-state index contributed by atoms with van der Waals surface area (Å²) in [6, 6.07) is 6.04. The zero-order valence-electron chi connectivity index (χ0n) is 13.2. The lowest BCUT2D eigenvalue weighted by atomic mass is 10.0. The van der Waals surface area contributed by atoms with Crippen LogP contribution in [0.3, 0.4) is 0 Å². The minimum atomic E-state index is 0. The Balaban J connectivity index is 0.00000176. The van der Waals surface area contributed by atoms with Gasteiger partial charge in [0.2, 0.25) is 0 Å². The first-order valence-corrected chi connectivity index (χ1v) is 7.64. The standard InChI is InChI=1S/C16H23N5.HI/c1-13-6-5-9-21(11-13)16(17-2)18-10-14-12-20-8-4-3-7-15(20)19-14;/h3-4,7-8,12-13H,5-6,9-11H2,1-2H3,(H,17,18);1H. The molecule has 0 saturated carbocycles. The third kappa shape index (κ3) is 3.91. The number of nitrogens with zero attached hydrogens (tertiary/aromatic N) is 4. The van der Waals surface area contributed by atoms with Gasteiger partial charge < -0.3 is 14.6 Å². The number of nitrogens with one attached hydrogen (secondary N) is 1. The largest absolute Gasteiger partial charge is 0.351 e. The first-order chi connectivity index (χ1) is 10.3. The van der Waals surface area contributed by atoms with E-state index in [4.69, 9.17) is 0 Å². The van der Waals surface area contributed by atoms with Crippen molar-refractivity contribution in [3.8, 4) is 0 Å². The third-order valence-electron chi connectivity index (χ3n) is 4.01. The van der Waals surface area contributed by atoms with Gasteiger partial charge in [0, 0.05) is 32.5 Å². The molecule has 22 heavy (non-hydrogen) atoms. The first-order valence-electron chi connectivity index (χ1n) is 7.64. The second-order valence-electron chi connectivity index (χ2n) is 5.79. The number of hydrogen-bond donors (Lipinski definition) is 1. The molecule has 1 saturated heterocycles. The predicted molar refractivity (Wildman–Crippen MR) is 101 cm³/mol. The first kappa shape index (κ1) is 17.1. The quantitative estimate of drug-likeness (QED) is 0.468. The number of aromatic nitrogens is 2. The Hall–Kier alpha value is -1.31. The normalized spacial score (nSPS) is 19.1. The van der Waals surface area contributed by atoms with Gasteiger partial charge >= 0.3 is 0 Å². The van der Waals surface area contributed by atoms with Gasteiger partial charge in [-0.3, -0.25) is 4.99 Å². The summed E-state index contributed by atoms with van der Waals surface area (Å²) in [5, 5.41) is 3.44. The highest BCUT2D eigenvalue weighted by Gasteiger charge is 2.19. The number of hydrogen-bond acceptors (Lipinski definition) is 2. The zero-order chi connectivity index (χ0) is 14.7. The van der Waals surface area contributed by atoms with E-state index in [0.717, 1.165) is 36.3 Å². The molecule has 120 valence electrons. The van der Waals surface area contributed by atoms with Gasteiger partial charge in [0.25, 0.3) is 0 Å². The van der Waals surface area contributed by atoms with Gasteiger partial charge in [0.1, 0.15) is 5.65 Å². The number of fused-ring (bicyclic) bond motifs is 1. The molecule has 0 amide bonds. The number of imidazole rings is 1. The summed E-state index contributed by atoms with van der Waals surface area (Å²) in [6.45, 7) is 5.20. The lowest BCUT2D eigenvalue weighted by molar-refractivity contribution is 0.266. The topological polar surface area (TPSA) is 44.9 Å². The Labute approximate surface area is 148 Å². The molecule has 1 fully saturated rings. The van der Waals surface area contributed by atoms with Gasteiger partial charge in [0.05, 0.1) is 12.2 Å². The van der Waals surface area contributed by atoms with E-state index in [1.54, 1.807) is 0 Å². The van der Waals surface area contributed by atoms with E-state index in [9.17, 15) is 0 Å². The van der Waals surface area contributed by atoms with Gasteiger partial charge in [-0.05, 0) is 30.9 Å². The van der Waals surface area contributed by atoms with E-state index in [1.807, 2.05) is 35.8 Å². The van der Waals surface area contributed by atoms with E-state index >= 15 is 0 Å². The second kappa shape index (κ2) is 7.80. The number of piperidine rings is 1. The summed E-state index contributed by atoms with van der Waals surface area (Å²) in [7, 11) is 1.85. The molecular formula is C16H24IN5. The van der Waals surface area contributed by atoms with Crippen LogP contribution in [0.2, 0.25) is 0 Å². The Kier molecular flexibility index (Phi) is 6.05. The van der Waals surface area contributed by atoms with E-state index < -0.39 is 0 Å². The summed E-state index contributed by atoms with van der Waals surface area (Å²) < 4.78 is 2.04. The van der Waals surface area contributed by atoms with Crippen molar-refractivity contribution in [2.75, 3.05) is 20.1 Å². The Bertz CT molecular complexity index is 603. The van der Waals surface area contributed by atoms with Gasteiger partial charge in [-0.25, -0.2) is 4.98 Å². The maximum atomic E-state index is 4.61. The molecule has 5 nitrogen and oxygen atoms in total. The van der Waals surface area contributed by atoms with Gasteiger partial charge in [-0.2, -0.15) is 0 Å². The molecule has 1 aliphatic rings. The Morgan fingerprint density at radius 2 is 2.32 bits per heavy atom. The number of aliphatic imine (C=N–C) groups is 1. The van der Waals surface area contributed by atoms with Crippen molar-refractivity contribution >= 4 is 35.6 Å². The number of halogens is 1. The molecule has 2 aromatic heterocycles. The van der Waals surface area contributed by atoms with Crippen LogP contribution in [0.25, 0.3) is 5.65 Å². The summed E-state index contributed by atoms with van der Waals surface area (Å²) in [6.07, 6.45) is 6.65. The lowest BCUT2D eigenvalue weighted by Gasteiger charge is -2.33. The molecule has 3 heterocycles. The maximum Gasteiger partial charge on any atom is 0.193 e. The van der Waals surface area contributed by atoms with Gasteiger partial charge in [0.15, 0.2) is 5.96 Å². The second-order valence-corrected chi connectivity index (χ2v) is 5.79. The average molecular weight is 413 g/mol. The lowest BCUT2D eigenvalue weighted by Crippen LogP contribution is -2.45. The highest BCUT2D eigenvalue weighted by Crippen LogP contribution is 2.15. The summed E-state index contributed by atoms with van der Waals surface area (Å²) in [4.78, 5) is 11.4. The van der Waals surface area contributed by atoms with Crippen molar-refractivity contribution in [2.45, 2.75) is 26.3 Å². The van der Waals surface area contributed by atoms with Crippen LogP contribution in [-0.4, -0.2) is 40.4 Å². The maximum absolute atomic E-state index is 4.61. The van der Waals surface area contributed by atoms with Crippen molar-refractivity contribution in [3.63, 3.8) is 0 Å². The van der Waals surface area contributed by atoms with Crippen LogP contribution in [0.15, 0.2) is 35.6 Å². The fourth-order valence-electron chi connectivity index (χ4n) is 2.96. The molecule has 1 unspecified atom stereocenters. The molecular weight excluding hydrogens is 389 g/mol. The van der Waals surface area contributed by atoms with Crippen LogP contribution in [0, 0.1) is 5.92 Å². The van der Waals surface area contributed by atoms with Crippen molar-refractivity contribution in [1.82, 2.24) is 19.6 Å². The molecule has 0 radical (unpaired) electrons. The van der Waals surface area contributed by atoms with Crippen LogP contribution in [0.1, 0.15) is 25.5 Å². The minimum absolute atomic E-state index is 0. The van der Waals surface area contributed by atoms with E-state index in [1.165, 1.54) is 12.8 Å². The smallest absolute Gasteiger partial charge is 0.193 e. The van der Waals surface area contributed by atoms with E-state index in [0.29, 0.717) is 6.54 Å². The van der Waals surface area contributed by atoms with Crippen molar-refractivity contribution in [3.05, 3.63) is 36.3 Å². The molecule has 0 aromatic carbocycles.